The summed E-state index contributed by atoms with van der Waals surface area (Å²) in [7, 11) is 0. The highest BCUT2D eigenvalue weighted by atomic mass is 19.1. The zero-order valence-electron chi connectivity index (χ0n) is 19.2. The van der Waals surface area contributed by atoms with Gasteiger partial charge >= 0.3 is 12.0 Å². The van der Waals surface area contributed by atoms with Crippen molar-refractivity contribution >= 4 is 40.9 Å². The van der Waals surface area contributed by atoms with Gasteiger partial charge in [-0.25, -0.2) is 9.18 Å². The van der Waals surface area contributed by atoms with Gasteiger partial charge in [0.15, 0.2) is 0 Å². The van der Waals surface area contributed by atoms with Crippen LogP contribution in [0.5, 0.6) is 0 Å². The molecule has 0 radical (unpaired) electrons. The Balaban J connectivity index is 1.69. The van der Waals surface area contributed by atoms with E-state index in [1.807, 2.05) is 30.3 Å². The predicted molar refractivity (Wildman–Crippen MR) is 131 cm³/mol. The van der Waals surface area contributed by atoms with Crippen LogP contribution < -0.4 is 20.9 Å². The zero-order chi connectivity index (χ0) is 25.8. The van der Waals surface area contributed by atoms with Gasteiger partial charge in [0.2, 0.25) is 5.91 Å². The van der Waals surface area contributed by atoms with Gasteiger partial charge < -0.3 is 21.1 Å². The van der Waals surface area contributed by atoms with Crippen LogP contribution in [0.3, 0.4) is 0 Å². The Labute approximate surface area is 205 Å². The second-order valence-electron chi connectivity index (χ2n) is 8.27. The maximum absolute atomic E-state index is 13.7. The number of carbonyl (C=O) groups excluding carboxylic acids is 3. The van der Waals surface area contributed by atoms with Crippen molar-refractivity contribution in [2.24, 2.45) is 0 Å². The number of carboxylic acid groups (broad SMARTS) is 1. The number of fused-ring (bicyclic) bond motifs is 1. The lowest BCUT2D eigenvalue weighted by molar-refractivity contribution is -0.138. The number of carbonyl (C=O) groups is 4. The second-order valence-corrected chi connectivity index (χ2v) is 8.27. The molecule has 184 valence electrons. The van der Waals surface area contributed by atoms with Crippen LogP contribution in [0.4, 0.5) is 26.2 Å². The molecule has 3 aromatic rings. The largest absolute Gasteiger partial charge is 0.480 e. The fourth-order valence-corrected chi connectivity index (χ4v) is 3.85. The van der Waals surface area contributed by atoms with Crippen molar-refractivity contribution in [2.75, 3.05) is 15.5 Å². The van der Waals surface area contributed by atoms with E-state index in [4.69, 9.17) is 5.11 Å². The topological polar surface area (TPSA) is 128 Å². The van der Waals surface area contributed by atoms with E-state index in [0.29, 0.717) is 5.69 Å². The van der Waals surface area contributed by atoms with Crippen LogP contribution >= 0.6 is 0 Å². The van der Waals surface area contributed by atoms with Gasteiger partial charge in [-0.2, -0.15) is 0 Å². The van der Waals surface area contributed by atoms with Crippen LogP contribution in [0.25, 0.3) is 0 Å². The van der Waals surface area contributed by atoms with E-state index < -0.39 is 41.7 Å². The first kappa shape index (κ1) is 24.4. The van der Waals surface area contributed by atoms with Crippen molar-refractivity contribution in [1.29, 1.82) is 0 Å². The molecular formula is C26H23FN4O5. The Morgan fingerprint density at radius 1 is 1.06 bits per heavy atom. The number of halogens is 1. The van der Waals surface area contributed by atoms with Crippen LogP contribution in [0.15, 0.2) is 72.8 Å². The molecule has 1 heterocycles. The van der Waals surface area contributed by atoms with Gasteiger partial charge in [0.25, 0.3) is 5.91 Å². The molecule has 4 rings (SSSR count). The monoisotopic (exact) mass is 490 g/mol. The third-order valence-electron chi connectivity index (χ3n) is 5.68. The third-order valence-corrected chi connectivity index (χ3v) is 5.68. The molecule has 2 unspecified atom stereocenters. The molecule has 1 aliphatic heterocycles. The first-order chi connectivity index (χ1) is 17.2. The minimum Gasteiger partial charge on any atom is -0.480 e. The Morgan fingerprint density at radius 3 is 2.50 bits per heavy atom. The number of urea groups is 1. The minimum absolute atomic E-state index is 0.106. The number of nitrogens with one attached hydrogen (secondary N) is 3. The normalized spacial score (nSPS) is 15.3. The van der Waals surface area contributed by atoms with E-state index in [-0.39, 0.29) is 23.4 Å². The van der Waals surface area contributed by atoms with Gasteiger partial charge in [0, 0.05) is 17.7 Å². The average Bonchev–Trinajstić information content (AvgIpc) is 2.84. The van der Waals surface area contributed by atoms with Gasteiger partial charge in [-0.1, -0.05) is 36.4 Å². The molecule has 0 fully saturated rings. The van der Waals surface area contributed by atoms with Crippen LogP contribution in [0.2, 0.25) is 0 Å². The molecule has 4 N–H and O–H groups in total. The van der Waals surface area contributed by atoms with Crippen LogP contribution in [0, 0.1) is 5.82 Å². The number of hydrogen-bond donors (Lipinski definition) is 4. The van der Waals surface area contributed by atoms with E-state index in [9.17, 15) is 23.6 Å². The van der Waals surface area contributed by atoms with Gasteiger partial charge in [-0.3, -0.25) is 19.3 Å². The molecule has 36 heavy (non-hydrogen) atoms. The summed E-state index contributed by atoms with van der Waals surface area (Å²) in [5.74, 6) is -2.85. The lowest BCUT2D eigenvalue weighted by Crippen LogP contribution is -2.53. The molecule has 10 heteroatoms. The van der Waals surface area contributed by atoms with Crippen LogP contribution in [-0.4, -0.2) is 41.0 Å². The lowest BCUT2D eigenvalue weighted by Gasteiger charge is -2.36. The standard InChI is InChI=1S/C26H23FN4O5/c1-15(25(34)35)28-23(32)17-10-11-21-20(13-17)30-24(33)22(12-16-6-3-2-4-7-16)31(21)26(36)29-19-9-5-8-18(27)14-19/h2-11,13-15,22H,12H2,1H3,(H,28,32)(H,29,36)(H,30,33)(H,34,35). The Kier molecular flexibility index (Phi) is 6.95. The summed E-state index contributed by atoms with van der Waals surface area (Å²) in [6.07, 6.45) is 0.209. The van der Waals surface area contributed by atoms with E-state index in [1.165, 1.54) is 48.2 Å². The summed E-state index contributed by atoms with van der Waals surface area (Å²) in [6, 6.07) is 16.1. The van der Waals surface area contributed by atoms with Gasteiger partial charge in [-0.05, 0) is 48.9 Å². The maximum Gasteiger partial charge on any atom is 0.327 e. The van der Waals surface area contributed by atoms with Crippen molar-refractivity contribution < 1.29 is 28.7 Å². The van der Waals surface area contributed by atoms with Crippen molar-refractivity contribution in [3.05, 3.63) is 89.7 Å². The third kappa shape index (κ3) is 5.33. The molecule has 1 aliphatic rings. The predicted octanol–water partition coefficient (Wildman–Crippen LogP) is 3.63. The number of aliphatic carboxylic acids is 1. The number of anilines is 3. The quantitative estimate of drug-likeness (QED) is 0.420. The van der Waals surface area contributed by atoms with E-state index in [2.05, 4.69) is 16.0 Å². The summed E-state index contributed by atoms with van der Waals surface area (Å²) in [6.45, 7) is 1.33. The molecule has 3 aromatic carbocycles. The van der Waals surface area contributed by atoms with Gasteiger partial charge in [-0.15, -0.1) is 0 Å². The number of benzene rings is 3. The number of hydrogen-bond acceptors (Lipinski definition) is 4. The first-order valence-electron chi connectivity index (χ1n) is 11.1. The lowest BCUT2D eigenvalue weighted by atomic mass is 9.99. The van der Waals surface area contributed by atoms with Crippen molar-refractivity contribution in [1.82, 2.24) is 5.32 Å². The van der Waals surface area contributed by atoms with Crippen molar-refractivity contribution in [3.8, 4) is 0 Å². The number of nitrogens with zero attached hydrogens (tertiary/aromatic N) is 1. The smallest absolute Gasteiger partial charge is 0.327 e. The first-order valence-corrected chi connectivity index (χ1v) is 11.1. The van der Waals surface area contributed by atoms with Crippen molar-refractivity contribution in [3.63, 3.8) is 0 Å². The molecule has 0 spiro atoms. The van der Waals surface area contributed by atoms with Crippen LogP contribution in [-0.2, 0) is 16.0 Å². The SMILES string of the molecule is CC(NC(=O)c1ccc2c(c1)NC(=O)C(Cc1ccccc1)N2C(=O)Nc1cccc(F)c1)C(=O)O. The molecule has 0 saturated heterocycles. The highest BCUT2D eigenvalue weighted by Crippen LogP contribution is 2.35. The summed E-state index contributed by atoms with van der Waals surface area (Å²) in [5.41, 5.74) is 1.67. The Bertz CT molecular complexity index is 1330. The zero-order valence-corrected chi connectivity index (χ0v) is 19.2. The fraction of sp³-hybridized carbons (Fsp3) is 0.154. The van der Waals surface area contributed by atoms with Crippen LogP contribution in [0.1, 0.15) is 22.8 Å². The summed E-state index contributed by atoms with van der Waals surface area (Å²) >= 11 is 0. The summed E-state index contributed by atoms with van der Waals surface area (Å²) in [4.78, 5) is 51.4. The van der Waals surface area contributed by atoms with Gasteiger partial charge in [0.05, 0.1) is 11.4 Å². The molecule has 0 aliphatic carbocycles. The number of rotatable bonds is 6. The molecular weight excluding hydrogens is 467 g/mol. The second kappa shape index (κ2) is 10.3. The maximum atomic E-state index is 13.7. The number of carboxylic acids is 1. The number of amides is 4. The molecule has 2 atom stereocenters. The molecule has 0 saturated carbocycles. The van der Waals surface area contributed by atoms with E-state index >= 15 is 0 Å². The highest BCUT2D eigenvalue weighted by molar-refractivity contribution is 6.15. The fourth-order valence-electron chi connectivity index (χ4n) is 3.85. The molecule has 9 nitrogen and oxygen atoms in total. The Morgan fingerprint density at radius 2 is 1.81 bits per heavy atom. The summed E-state index contributed by atoms with van der Waals surface area (Å²) < 4.78 is 13.7. The van der Waals surface area contributed by atoms with Gasteiger partial charge in [0.1, 0.15) is 17.9 Å². The van der Waals surface area contributed by atoms with E-state index in [1.54, 1.807) is 0 Å². The molecule has 0 aromatic heterocycles. The van der Waals surface area contributed by atoms with E-state index in [0.717, 1.165) is 11.6 Å². The molecule has 0 bridgehead atoms. The minimum atomic E-state index is -1.20. The Hall–Kier alpha value is -4.73. The average molecular weight is 490 g/mol. The molecule has 4 amide bonds. The highest BCUT2D eigenvalue weighted by Gasteiger charge is 2.37. The van der Waals surface area contributed by atoms with Crippen molar-refractivity contribution in [2.45, 2.75) is 25.4 Å². The summed E-state index contributed by atoms with van der Waals surface area (Å²) in [5, 5.41) is 16.8.